The van der Waals surface area contributed by atoms with Gasteiger partial charge in [-0.15, -0.1) is 0 Å². The maximum atomic E-state index is 13.0. The van der Waals surface area contributed by atoms with Crippen molar-refractivity contribution in [3.05, 3.63) is 94.6 Å². The zero-order valence-corrected chi connectivity index (χ0v) is 36.8. The summed E-state index contributed by atoms with van der Waals surface area (Å²) in [7, 11) is 2.63. The normalized spacial score (nSPS) is 28.1. The molecule has 0 saturated heterocycles. The van der Waals surface area contributed by atoms with E-state index in [4.69, 9.17) is 18.9 Å². The first-order chi connectivity index (χ1) is 27.4. The highest BCUT2D eigenvalue weighted by Crippen LogP contribution is 2.61. The van der Waals surface area contributed by atoms with E-state index in [1.165, 1.54) is 63.0 Å². The van der Waals surface area contributed by atoms with E-state index in [1.807, 2.05) is 36.4 Å². The molecule has 6 rings (SSSR count). The van der Waals surface area contributed by atoms with Crippen LogP contribution in [0.4, 0.5) is 0 Å². The van der Waals surface area contributed by atoms with Crippen molar-refractivity contribution in [3.63, 3.8) is 0 Å². The molecule has 0 aliphatic heterocycles. The largest absolute Gasteiger partial charge is 0.466 e. The van der Waals surface area contributed by atoms with Crippen LogP contribution in [0.2, 0.25) is 0 Å². The van der Waals surface area contributed by atoms with Gasteiger partial charge in [-0.1, -0.05) is 138 Å². The molecule has 2 aromatic carbocycles. The molecule has 3 unspecified atom stereocenters. The minimum absolute atomic E-state index is 0.0244. The van der Waals surface area contributed by atoms with Gasteiger partial charge in [0.25, 0.3) is 0 Å². The SMILES string of the molecule is COC(=O)C(OC(=O)CC1=C(C)CC[C@H]2C(C)(C)CCC[C@]12C)c1ccccc1.COC(=O)C(OC(=O)CC1C(C)=CC[C@H]2C(C)(C)CCC[C@]12C)c1ccccc1. The number of hydrogen-bond donors (Lipinski definition) is 0. The van der Waals surface area contributed by atoms with Crippen LogP contribution in [-0.4, -0.2) is 38.1 Å². The van der Waals surface area contributed by atoms with Gasteiger partial charge in [0.2, 0.25) is 12.2 Å². The number of carbonyl (C=O) groups excluding carboxylic acids is 4. The number of hydrogen-bond acceptors (Lipinski definition) is 8. The van der Waals surface area contributed by atoms with Gasteiger partial charge in [0.1, 0.15) is 0 Å². The first-order valence-electron chi connectivity index (χ1n) is 21.4. The summed E-state index contributed by atoms with van der Waals surface area (Å²) in [6, 6.07) is 18.1. The monoisotopic (exact) mass is 796 g/mol. The molecule has 316 valence electrons. The van der Waals surface area contributed by atoms with Gasteiger partial charge in [0, 0.05) is 11.1 Å². The minimum atomic E-state index is -1.02. The molecule has 0 spiro atoms. The van der Waals surface area contributed by atoms with Crippen LogP contribution >= 0.6 is 0 Å². The Bertz CT molecular complexity index is 1830. The fourth-order valence-electron chi connectivity index (χ4n) is 11.7. The van der Waals surface area contributed by atoms with E-state index < -0.39 is 24.1 Å². The van der Waals surface area contributed by atoms with E-state index in [2.05, 4.69) is 61.5 Å². The number of esters is 4. The maximum absolute atomic E-state index is 13.0. The highest BCUT2D eigenvalue weighted by Gasteiger charge is 2.53. The quantitative estimate of drug-likeness (QED) is 0.133. The van der Waals surface area contributed by atoms with Crippen LogP contribution in [-0.2, 0) is 38.1 Å². The minimum Gasteiger partial charge on any atom is -0.466 e. The van der Waals surface area contributed by atoms with Crippen LogP contribution in [0, 0.1) is 39.4 Å². The highest BCUT2D eigenvalue weighted by molar-refractivity contribution is 5.82. The smallest absolute Gasteiger partial charge is 0.351 e. The second-order valence-corrected chi connectivity index (χ2v) is 19.2. The summed E-state index contributed by atoms with van der Waals surface area (Å²) in [4.78, 5) is 50.5. The number of ether oxygens (including phenoxy) is 4. The molecule has 2 fully saturated rings. The fraction of sp³-hybridized carbons (Fsp3) is 0.600. The molecule has 4 aliphatic carbocycles. The molecule has 2 aromatic rings. The third kappa shape index (κ3) is 9.63. The fourth-order valence-corrected chi connectivity index (χ4v) is 11.7. The van der Waals surface area contributed by atoms with Crippen LogP contribution in [0.5, 0.6) is 0 Å². The lowest BCUT2D eigenvalue weighted by Crippen LogP contribution is -2.49. The summed E-state index contributed by atoms with van der Waals surface area (Å²) in [5.74, 6) is -0.541. The first-order valence-corrected chi connectivity index (χ1v) is 21.4. The molecular formula is C50H68O8. The Morgan fingerprint density at radius 3 is 1.71 bits per heavy atom. The van der Waals surface area contributed by atoms with Crippen molar-refractivity contribution in [2.75, 3.05) is 14.2 Å². The van der Waals surface area contributed by atoms with Gasteiger partial charge >= 0.3 is 23.9 Å². The Morgan fingerprint density at radius 1 is 0.672 bits per heavy atom. The molecule has 0 heterocycles. The molecular weight excluding hydrogens is 729 g/mol. The molecule has 0 N–H and O–H groups in total. The van der Waals surface area contributed by atoms with E-state index in [-0.39, 0.29) is 45.9 Å². The van der Waals surface area contributed by atoms with Gasteiger partial charge in [-0.25, -0.2) is 9.59 Å². The lowest BCUT2D eigenvalue weighted by Gasteiger charge is -2.56. The summed E-state index contributed by atoms with van der Waals surface area (Å²) in [5.41, 5.74) is 5.72. The summed E-state index contributed by atoms with van der Waals surface area (Å²) >= 11 is 0. The Kier molecular flexibility index (Phi) is 14.2. The molecule has 0 aromatic heterocycles. The van der Waals surface area contributed by atoms with Crippen molar-refractivity contribution in [2.24, 2.45) is 39.4 Å². The molecule has 8 heteroatoms. The molecule has 58 heavy (non-hydrogen) atoms. The Hall–Kier alpha value is -4.20. The van der Waals surface area contributed by atoms with Crippen LogP contribution in [0.3, 0.4) is 0 Å². The molecule has 4 aliphatic rings. The average Bonchev–Trinajstić information content (AvgIpc) is 3.18. The van der Waals surface area contributed by atoms with Crippen molar-refractivity contribution in [1.29, 1.82) is 0 Å². The second kappa shape index (κ2) is 18.4. The molecule has 0 bridgehead atoms. The van der Waals surface area contributed by atoms with Gasteiger partial charge in [0.05, 0.1) is 27.1 Å². The van der Waals surface area contributed by atoms with Gasteiger partial charge in [0.15, 0.2) is 0 Å². The second-order valence-electron chi connectivity index (χ2n) is 19.2. The topological polar surface area (TPSA) is 105 Å². The number of carbonyl (C=O) groups is 4. The van der Waals surface area contributed by atoms with Gasteiger partial charge in [-0.3, -0.25) is 9.59 Å². The zero-order chi connectivity index (χ0) is 42.5. The Labute approximate surface area is 347 Å². The lowest BCUT2D eigenvalue weighted by molar-refractivity contribution is -0.168. The number of allylic oxidation sites excluding steroid dienone is 3. The van der Waals surface area contributed by atoms with Gasteiger partial charge < -0.3 is 18.9 Å². The number of rotatable bonds is 10. The van der Waals surface area contributed by atoms with Crippen LogP contribution in [0.1, 0.15) is 149 Å². The third-order valence-electron chi connectivity index (χ3n) is 14.8. The van der Waals surface area contributed by atoms with Gasteiger partial charge in [-0.2, -0.15) is 0 Å². The van der Waals surface area contributed by atoms with Crippen molar-refractivity contribution in [3.8, 4) is 0 Å². The van der Waals surface area contributed by atoms with E-state index in [0.717, 1.165) is 25.7 Å². The Morgan fingerprint density at radius 2 is 1.17 bits per heavy atom. The van der Waals surface area contributed by atoms with Crippen LogP contribution in [0.25, 0.3) is 0 Å². The standard InChI is InChI=1S/2C25H34O4/c2*1-17-12-13-20-24(2,3)14-9-15-25(20,4)19(17)16-21(26)29-22(23(27)28-5)18-10-7-6-8-11-18/h6-8,10-11,20,22H,9,12-16H2,1-5H3;6-8,10-12,19-20,22H,9,13-16H2,1-5H3/t20-,22?,25+;19?,20-,22?,25+/m00/s1. The first kappa shape index (κ1) is 44.9. The lowest BCUT2D eigenvalue weighted by atomic mass is 9.48. The molecule has 8 nitrogen and oxygen atoms in total. The Balaban J connectivity index is 0.000000221. The van der Waals surface area contributed by atoms with Crippen LogP contribution < -0.4 is 0 Å². The van der Waals surface area contributed by atoms with Crippen molar-refractivity contribution < 1.29 is 38.1 Å². The van der Waals surface area contributed by atoms with E-state index in [0.29, 0.717) is 29.4 Å². The zero-order valence-electron chi connectivity index (χ0n) is 36.8. The molecule has 2 saturated carbocycles. The number of benzene rings is 2. The molecule has 0 radical (unpaired) electrons. The summed E-state index contributed by atoms with van der Waals surface area (Å²) in [5, 5.41) is 0. The van der Waals surface area contributed by atoms with Gasteiger partial charge in [-0.05, 0) is 98.2 Å². The number of methoxy groups -OCH3 is 2. The predicted octanol–water partition coefficient (Wildman–Crippen LogP) is 11.4. The van der Waals surface area contributed by atoms with E-state index in [1.54, 1.807) is 24.3 Å². The highest BCUT2D eigenvalue weighted by atomic mass is 16.6. The number of fused-ring (bicyclic) bond motifs is 2. The van der Waals surface area contributed by atoms with Crippen LogP contribution in [0.15, 0.2) is 83.5 Å². The molecule has 7 atom stereocenters. The maximum Gasteiger partial charge on any atom is 0.351 e. The molecule has 0 amide bonds. The third-order valence-corrected chi connectivity index (χ3v) is 14.8. The van der Waals surface area contributed by atoms with Crippen molar-refractivity contribution in [2.45, 2.75) is 138 Å². The van der Waals surface area contributed by atoms with E-state index >= 15 is 0 Å². The van der Waals surface area contributed by atoms with Crippen molar-refractivity contribution >= 4 is 23.9 Å². The van der Waals surface area contributed by atoms with Crippen molar-refractivity contribution in [1.82, 2.24) is 0 Å². The average molecular weight is 797 g/mol. The summed E-state index contributed by atoms with van der Waals surface area (Å²) in [6.07, 6.45) is 11.2. The summed E-state index contributed by atoms with van der Waals surface area (Å²) < 4.78 is 21.1. The predicted molar refractivity (Wildman–Crippen MR) is 226 cm³/mol. The summed E-state index contributed by atoms with van der Waals surface area (Å²) in [6.45, 7) is 18.4. The van der Waals surface area contributed by atoms with E-state index in [9.17, 15) is 19.2 Å².